The Hall–Kier alpha value is -2.01. The quantitative estimate of drug-likeness (QED) is 0.768. The number of nitrogens with one attached hydrogen (secondary N) is 1. The van der Waals surface area contributed by atoms with E-state index in [1.165, 1.54) is 19.3 Å². The van der Waals surface area contributed by atoms with E-state index >= 15 is 0 Å². The minimum absolute atomic E-state index is 0.417. The van der Waals surface area contributed by atoms with Crippen molar-refractivity contribution in [3.8, 4) is 0 Å². The lowest BCUT2D eigenvalue weighted by Gasteiger charge is -2.66. The van der Waals surface area contributed by atoms with Crippen molar-refractivity contribution in [1.82, 2.24) is 19.7 Å². The third-order valence-electron chi connectivity index (χ3n) is 7.44. The van der Waals surface area contributed by atoms with Crippen LogP contribution >= 0.6 is 0 Å². The summed E-state index contributed by atoms with van der Waals surface area (Å²) in [5.41, 5.74) is 1.84. The summed E-state index contributed by atoms with van der Waals surface area (Å²) in [4.78, 5) is 2.74. The van der Waals surface area contributed by atoms with Gasteiger partial charge in [0.05, 0.1) is 0 Å². The molecule has 0 spiro atoms. The molecule has 2 saturated heterocycles. The highest BCUT2D eigenvalue weighted by Crippen LogP contribution is 2.59. The monoisotopic (exact) mass is 377 g/mol. The summed E-state index contributed by atoms with van der Waals surface area (Å²) >= 11 is 0. The van der Waals surface area contributed by atoms with Crippen molar-refractivity contribution in [3.05, 3.63) is 47.5 Å². The lowest BCUT2D eigenvalue weighted by atomic mass is 9.54. The maximum absolute atomic E-state index is 8.47. The predicted molar refractivity (Wildman–Crippen MR) is 111 cm³/mol. The van der Waals surface area contributed by atoms with Gasteiger partial charge in [-0.3, -0.25) is 4.90 Å². The standard InChI is InChI=1S/C23H31N5/c1-14(2)23-26-25-15(3)28(23)21-13-20-22(21)17-11-18(12-17)27(20)10-9-19(24)16-7-5-4-6-8-16/h4-8,14,17-18,20-22,24H,9-13H2,1-3H3. The van der Waals surface area contributed by atoms with Crippen LogP contribution in [0.1, 0.15) is 68.7 Å². The van der Waals surface area contributed by atoms with Crippen LogP contribution < -0.4 is 0 Å². The molecule has 1 N–H and O–H groups in total. The molecular weight excluding hydrogens is 346 g/mol. The van der Waals surface area contributed by atoms with Gasteiger partial charge in [0.25, 0.3) is 0 Å². The zero-order chi connectivity index (χ0) is 19.4. The highest BCUT2D eigenvalue weighted by molar-refractivity contribution is 5.98. The predicted octanol–water partition coefficient (Wildman–Crippen LogP) is 4.19. The van der Waals surface area contributed by atoms with Crippen molar-refractivity contribution in [2.24, 2.45) is 11.8 Å². The van der Waals surface area contributed by atoms with E-state index in [1.807, 2.05) is 18.2 Å². The largest absolute Gasteiger partial charge is 0.311 e. The molecule has 6 rings (SSSR count). The molecule has 2 saturated carbocycles. The van der Waals surface area contributed by atoms with E-state index < -0.39 is 0 Å². The highest BCUT2D eigenvalue weighted by Gasteiger charge is 2.59. The van der Waals surface area contributed by atoms with Gasteiger partial charge in [-0.1, -0.05) is 44.2 Å². The molecule has 148 valence electrons. The van der Waals surface area contributed by atoms with Crippen molar-refractivity contribution in [3.63, 3.8) is 0 Å². The van der Waals surface area contributed by atoms with Gasteiger partial charge in [-0.15, -0.1) is 10.2 Å². The van der Waals surface area contributed by atoms with Crippen LogP contribution in [-0.4, -0.2) is 44.0 Å². The third kappa shape index (κ3) is 2.74. The average Bonchev–Trinajstić information content (AvgIpc) is 3.01. The normalized spacial score (nSPS) is 31.2. The maximum Gasteiger partial charge on any atom is 0.135 e. The molecule has 1 aromatic carbocycles. The number of rotatable bonds is 6. The average molecular weight is 378 g/mol. The van der Waals surface area contributed by atoms with E-state index in [-0.39, 0.29) is 0 Å². The Morgan fingerprint density at radius 2 is 1.86 bits per heavy atom. The number of piperidine rings is 2. The molecule has 0 amide bonds. The Kier molecular flexibility index (Phi) is 4.38. The van der Waals surface area contributed by atoms with Crippen molar-refractivity contribution in [2.75, 3.05) is 6.54 Å². The van der Waals surface area contributed by atoms with E-state index in [0.29, 0.717) is 18.0 Å². The van der Waals surface area contributed by atoms with E-state index in [0.717, 1.165) is 53.8 Å². The van der Waals surface area contributed by atoms with Crippen molar-refractivity contribution < 1.29 is 0 Å². The van der Waals surface area contributed by atoms with E-state index in [4.69, 9.17) is 5.41 Å². The Labute approximate surface area is 167 Å². The molecule has 4 aliphatic rings. The SMILES string of the molecule is Cc1nnc(C(C)C)n1C1CC2C1C1CC(C1)N2CCC(=N)c1ccccc1. The lowest BCUT2D eigenvalue weighted by molar-refractivity contribution is -0.154. The van der Waals surface area contributed by atoms with Crippen LogP contribution in [0.25, 0.3) is 0 Å². The maximum atomic E-state index is 8.47. The summed E-state index contributed by atoms with van der Waals surface area (Å²) in [6.45, 7) is 7.57. The van der Waals surface area contributed by atoms with Crippen molar-refractivity contribution >= 4 is 5.71 Å². The molecule has 2 aliphatic carbocycles. The van der Waals surface area contributed by atoms with Crippen LogP contribution in [0.2, 0.25) is 0 Å². The molecular formula is C23H31N5. The summed E-state index contributed by atoms with van der Waals surface area (Å²) in [7, 11) is 0. The lowest BCUT2D eigenvalue weighted by Crippen LogP contribution is -2.69. The molecule has 2 aromatic rings. The molecule has 2 aliphatic heterocycles. The van der Waals surface area contributed by atoms with Gasteiger partial charge in [0.15, 0.2) is 0 Å². The van der Waals surface area contributed by atoms with Crippen LogP contribution in [-0.2, 0) is 0 Å². The summed E-state index contributed by atoms with van der Waals surface area (Å²) in [6.07, 6.45) is 4.75. The number of aromatic nitrogens is 3. The molecule has 2 bridgehead atoms. The van der Waals surface area contributed by atoms with Crippen molar-refractivity contribution in [1.29, 1.82) is 5.41 Å². The van der Waals surface area contributed by atoms with Crippen molar-refractivity contribution in [2.45, 2.75) is 70.5 Å². The van der Waals surface area contributed by atoms with Gasteiger partial charge in [-0.2, -0.15) is 0 Å². The summed E-state index contributed by atoms with van der Waals surface area (Å²) < 4.78 is 2.45. The van der Waals surface area contributed by atoms with Crippen LogP contribution in [0.3, 0.4) is 0 Å². The summed E-state index contributed by atoms with van der Waals surface area (Å²) in [5.74, 6) is 4.26. The highest BCUT2D eigenvalue weighted by atomic mass is 15.3. The molecule has 1 aromatic heterocycles. The zero-order valence-electron chi connectivity index (χ0n) is 17.2. The Morgan fingerprint density at radius 3 is 2.57 bits per heavy atom. The van der Waals surface area contributed by atoms with Gasteiger partial charge in [0, 0.05) is 42.7 Å². The van der Waals surface area contributed by atoms with Crippen LogP contribution in [0.15, 0.2) is 30.3 Å². The number of benzene rings is 1. The first kappa shape index (κ1) is 18.0. The third-order valence-corrected chi connectivity index (χ3v) is 7.44. The smallest absolute Gasteiger partial charge is 0.135 e. The van der Waals surface area contributed by atoms with Gasteiger partial charge in [0.1, 0.15) is 11.6 Å². The van der Waals surface area contributed by atoms with Gasteiger partial charge >= 0.3 is 0 Å². The number of aryl methyl sites for hydroxylation is 1. The molecule has 4 fully saturated rings. The summed E-state index contributed by atoms with van der Waals surface area (Å²) in [6, 6.07) is 12.2. The van der Waals surface area contributed by atoms with Gasteiger partial charge in [0.2, 0.25) is 0 Å². The molecule has 5 nitrogen and oxygen atoms in total. The fourth-order valence-corrected chi connectivity index (χ4v) is 5.93. The van der Waals surface area contributed by atoms with E-state index in [1.54, 1.807) is 0 Å². The number of hydrogen-bond donors (Lipinski definition) is 1. The number of nitrogens with zero attached hydrogens (tertiary/aromatic N) is 4. The molecule has 3 heterocycles. The minimum atomic E-state index is 0.417. The summed E-state index contributed by atoms with van der Waals surface area (Å²) in [5, 5.41) is 17.3. The Balaban J connectivity index is 1.30. The fraction of sp³-hybridized carbons (Fsp3) is 0.609. The van der Waals surface area contributed by atoms with E-state index in [9.17, 15) is 0 Å². The van der Waals surface area contributed by atoms with Crippen LogP contribution in [0, 0.1) is 24.2 Å². The Bertz CT molecular complexity index is 864. The van der Waals surface area contributed by atoms with Gasteiger partial charge in [-0.05, 0) is 43.6 Å². The molecule has 0 radical (unpaired) electrons. The fourth-order valence-electron chi connectivity index (χ4n) is 5.93. The van der Waals surface area contributed by atoms with Gasteiger partial charge < -0.3 is 9.98 Å². The van der Waals surface area contributed by atoms with E-state index in [2.05, 4.69) is 52.6 Å². The zero-order valence-corrected chi connectivity index (χ0v) is 17.2. The molecule has 5 heteroatoms. The second-order valence-corrected chi connectivity index (χ2v) is 9.30. The number of hydrogen-bond acceptors (Lipinski definition) is 4. The molecule has 28 heavy (non-hydrogen) atoms. The first-order chi connectivity index (χ1) is 13.5. The Morgan fingerprint density at radius 1 is 1.11 bits per heavy atom. The second kappa shape index (κ2) is 6.80. The second-order valence-electron chi connectivity index (χ2n) is 9.30. The topological polar surface area (TPSA) is 57.8 Å². The molecule has 3 atom stereocenters. The van der Waals surface area contributed by atoms with Gasteiger partial charge in [-0.25, -0.2) is 0 Å². The van der Waals surface area contributed by atoms with Crippen LogP contribution in [0.5, 0.6) is 0 Å². The minimum Gasteiger partial charge on any atom is -0.311 e. The first-order valence-electron chi connectivity index (χ1n) is 10.8. The molecule has 3 unspecified atom stereocenters. The first-order valence-corrected chi connectivity index (χ1v) is 10.8. The van der Waals surface area contributed by atoms with Crippen LogP contribution in [0.4, 0.5) is 0 Å².